The highest BCUT2D eigenvalue weighted by Crippen LogP contribution is 2.01. The maximum absolute atomic E-state index is 11.1. The van der Waals surface area contributed by atoms with Crippen molar-refractivity contribution in [3.8, 4) is 0 Å². The lowest BCUT2D eigenvalue weighted by atomic mass is 10.5. The Bertz CT molecular complexity index is 359. The number of hydrogen-bond acceptors (Lipinski definition) is 2. The molecule has 0 amide bonds. The van der Waals surface area contributed by atoms with Crippen LogP contribution in [0.1, 0.15) is 0 Å². The lowest BCUT2D eigenvalue weighted by Crippen LogP contribution is -2.21. The minimum Gasteiger partial charge on any atom is -0.294 e. The number of nitrogens with zero attached hydrogens (tertiary/aromatic N) is 2. The third-order valence-electron chi connectivity index (χ3n) is 1.38. The van der Waals surface area contributed by atoms with Gasteiger partial charge < -0.3 is 0 Å². The molecule has 5 heteroatoms. The van der Waals surface area contributed by atoms with Crippen molar-refractivity contribution in [3.63, 3.8) is 0 Å². The van der Waals surface area contributed by atoms with Gasteiger partial charge in [0.1, 0.15) is 0 Å². The lowest BCUT2D eigenvalue weighted by molar-refractivity contribution is 0.743. The van der Waals surface area contributed by atoms with E-state index in [2.05, 4.69) is 4.98 Å². The van der Waals surface area contributed by atoms with Gasteiger partial charge in [-0.15, -0.1) is 11.6 Å². The number of hydrogen-bond donors (Lipinski definition) is 0. The Morgan fingerprint density at radius 3 is 3.00 bits per heavy atom. The second kappa shape index (κ2) is 5.04. The summed E-state index contributed by atoms with van der Waals surface area (Å²) < 4.78 is 1.41. The van der Waals surface area contributed by atoms with Crippen molar-refractivity contribution < 1.29 is 0 Å². The van der Waals surface area contributed by atoms with Crippen LogP contribution in [0.3, 0.4) is 0 Å². The zero-order chi connectivity index (χ0) is 9.68. The first-order chi connectivity index (χ1) is 6.24. The Hall–Kier alpha value is -0.800. The van der Waals surface area contributed by atoms with Crippen LogP contribution in [-0.4, -0.2) is 15.4 Å². The van der Waals surface area contributed by atoms with Crippen LogP contribution in [0.5, 0.6) is 0 Å². The number of alkyl halides is 1. The van der Waals surface area contributed by atoms with Gasteiger partial charge in [-0.2, -0.15) is 0 Å². The summed E-state index contributed by atoms with van der Waals surface area (Å²) >= 11 is 11.1. The summed E-state index contributed by atoms with van der Waals surface area (Å²) in [6, 6.07) is 0. The van der Waals surface area contributed by atoms with Gasteiger partial charge >= 0.3 is 5.69 Å². The van der Waals surface area contributed by atoms with E-state index >= 15 is 0 Å². The summed E-state index contributed by atoms with van der Waals surface area (Å²) in [4.78, 5) is 14.7. The van der Waals surface area contributed by atoms with Crippen molar-refractivity contribution in [2.75, 3.05) is 5.88 Å². The van der Waals surface area contributed by atoms with Gasteiger partial charge in [0.2, 0.25) is 0 Å². The molecule has 1 rings (SSSR count). The molecule has 13 heavy (non-hydrogen) atoms. The quantitative estimate of drug-likeness (QED) is 0.572. The molecule has 1 aromatic rings. The molecule has 0 radical (unpaired) electrons. The van der Waals surface area contributed by atoms with Crippen LogP contribution in [0.4, 0.5) is 0 Å². The SMILES string of the molecule is O=c1ncc(Cl)cn1C/C=C/CCl. The molecule has 3 nitrogen and oxygen atoms in total. The Morgan fingerprint density at radius 2 is 2.31 bits per heavy atom. The van der Waals surface area contributed by atoms with Crippen LogP contribution in [0.15, 0.2) is 29.3 Å². The van der Waals surface area contributed by atoms with Crippen LogP contribution in [0.25, 0.3) is 0 Å². The molecule has 70 valence electrons. The number of aromatic nitrogens is 2. The van der Waals surface area contributed by atoms with E-state index in [-0.39, 0.29) is 5.69 Å². The third-order valence-corrected chi connectivity index (χ3v) is 1.75. The van der Waals surface area contributed by atoms with Gasteiger partial charge in [-0.25, -0.2) is 9.78 Å². The van der Waals surface area contributed by atoms with Crippen LogP contribution in [0, 0.1) is 0 Å². The highest BCUT2D eigenvalue weighted by Gasteiger charge is 1.94. The van der Waals surface area contributed by atoms with Gasteiger partial charge in [-0.1, -0.05) is 23.8 Å². The predicted molar refractivity (Wildman–Crippen MR) is 53.4 cm³/mol. The molecule has 0 N–H and O–H groups in total. The normalized spacial score (nSPS) is 10.9. The van der Waals surface area contributed by atoms with Crippen LogP contribution in [0.2, 0.25) is 5.02 Å². The molecule has 0 unspecified atom stereocenters. The minimum absolute atomic E-state index is 0.316. The highest BCUT2D eigenvalue weighted by molar-refractivity contribution is 6.30. The number of rotatable bonds is 3. The summed E-state index contributed by atoms with van der Waals surface area (Å²) in [5.74, 6) is 0.433. The predicted octanol–water partition coefficient (Wildman–Crippen LogP) is 1.69. The van der Waals surface area contributed by atoms with E-state index < -0.39 is 0 Å². The second-order valence-corrected chi connectivity index (χ2v) is 3.08. The molecule has 0 spiro atoms. The molecule has 1 heterocycles. The molecule has 0 saturated carbocycles. The Labute approximate surface area is 85.6 Å². The Morgan fingerprint density at radius 1 is 1.54 bits per heavy atom. The molecular weight excluding hydrogens is 211 g/mol. The second-order valence-electron chi connectivity index (χ2n) is 2.33. The Balaban J connectivity index is 2.82. The van der Waals surface area contributed by atoms with Gasteiger partial charge in [0.25, 0.3) is 0 Å². The fourth-order valence-corrected chi connectivity index (χ4v) is 1.10. The molecule has 0 atom stereocenters. The van der Waals surface area contributed by atoms with Crippen molar-refractivity contribution in [2.45, 2.75) is 6.54 Å². The summed E-state index contributed by atoms with van der Waals surface area (Å²) in [7, 11) is 0. The topological polar surface area (TPSA) is 34.9 Å². The first-order valence-electron chi connectivity index (χ1n) is 3.67. The molecule has 0 aliphatic rings. The van der Waals surface area contributed by atoms with Crippen molar-refractivity contribution in [2.24, 2.45) is 0 Å². The van der Waals surface area contributed by atoms with Gasteiger partial charge in [-0.3, -0.25) is 4.57 Å². The van der Waals surface area contributed by atoms with Gasteiger partial charge in [0.05, 0.1) is 11.2 Å². The van der Waals surface area contributed by atoms with Gasteiger partial charge in [0.15, 0.2) is 0 Å². The van der Waals surface area contributed by atoms with Crippen molar-refractivity contribution in [1.29, 1.82) is 0 Å². The summed E-state index contributed by atoms with van der Waals surface area (Å²) in [5.41, 5.74) is -0.316. The molecule has 0 aromatic carbocycles. The maximum atomic E-state index is 11.1. The maximum Gasteiger partial charge on any atom is 0.347 e. The van der Waals surface area contributed by atoms with E-state index in [4.69, 9.17) is 23.2 Å². The van der Waals surface area contributed by atoms with E-state index in [0.29, 0.717) is 17.4 Å². The number of halogens is 2. The smallest absolute Gasteiger partial charge is 0.294 e. The molecule has 0 aliphatic carbocycles. The molecular formula is C8H8Cl2N2O. The summed E-state index contributed by atoms with van der Waals surface area (Å²) in [6.07, 6.45) is 6.41. The average Bonchev–Trinajstić information content (AvgIpc) is 2.11. The monoisotopic (exact) mass is 218 g/mol. The lowest BCUT2D eigenvalue weighted by Gasteiger charge is -1.99. The minimum atomic E-state index is -0.316. The zero-order valence-electron chi connectivity index (χ0n) is 6.78. The largest absolute Gasteiger partial charge is 0.347 e. The standard InChI is InChI=1S/C8H8Cl2N2O/c9-3-1-2-4-12-6-7(10)5-11-8(12)13/h1-2,5-6H,3-4H2/b2-1+. The molecule has 1 aromatic heterocycles. The molecule has 0 bridgehead atoms. The Kier molecular flexibility index (Phi) is 3.99. The van der Waals surface area contributed by atoms with E-state index in [9.17, 15) is 4.79 Å². The summed E-state index contributed by atoms with van der Waals surface area (Å²) in [5, 5.41) is 0.443. The fraction of sp³-hybridized carbons (Fsp3) is 0.250. The van der Waals surface area contributed by atoms with Crippen molar-refractivity contribution in [3.05, 3.63) is 40.1 Å². The summed E-state index contributed by atoms with van der Waals surface area (Å²) in [6.45, 7) is 0.444. The van der Waals surface area contributed by atoms with E-state index in [1.54, 1.807) is 12.2 Å². The van der Waals surface area contributed by atoms with E-state index in [1.165, 1.54) is 17.0 Å². The van der Waals surface area contributed by atoms with Gasteiger partial charge in [0, 0.05) is 18.6 Å². The molecule has 0 aliphatic heterocycles. The highest BCUT2D eigenvalue weighted by atomic mass is 35.5. The van der Waals surface area contributed by atoms with Crippen LogP contribution >= 0.6 is 23.2 Å². The zero-order valence-corrected chi connectivity index (χ0v) is 8.29. The fourth-order valence-electron chi connectivity index (χ4n) is 0.810. The van der Waals surface area contributed by atoms with Gasteiger partial charge in [-0.05, 0) is 0 Å². The van der Waals surface area contributed by atoms with Crippen molar-refractivity contribution >= 4 is 23.2 Å². The van der Waals surface area contributed by atoms with Crippen LogP contribution in [-0.2, 0) is 6.54 Å². The number of allylic oxidation sites excluding steroid dienone is 2. The van der Waals surface area contributed by atoms with E-state index in [1.807, 2.05) is 0 Å². The average molecular weight is 219 g/mol. The third kappa shape index (κ3) is 3.20. The van der Waals surface area contributed by atoms with Crippen molar-refractivity contribution in [1.82, 2.24) is 9.55 Å². The first-order valence-corrected chi connectivity index (χ1v) is 4.58. The first kappa shape index (κ1) is 10.3. The van der Waals surface area contributed by atoms with Crippen LogP contribution < -0.4 is 5.69 Å². The molecule has 0 fully saturated rings. The van der Waals surface area contributed by atoms with E-state index in [0.717, 1.165) is 0 Å². The molecule has 0 saturated heterocycles.